The summed E-state index contributed by atoms with van der Waals surface area (Å²) in [6, 6.07) is 12.9. The number of carbonyl (C=O) groups is 1. The topological polar surface area (TPSA) is 94.9 Å². The first-order chi connectivity index (χ1) is 13.0. The van der Waals surface area contributed by atoms with E-state index in [9.17, 15) is 4.79 Å². The Morgan fingerprint density at radius 3 is 2.63 bits per heavy atom. The molecule has 0 spiro atoms. The number of fused-ring (bicyclic) bond motifs is 1. The Morgan fingerprint density at radius 1 is 1.15 bits per heavy atom. The Kier molecular flexibility index (Phi) is 4.08. The van der Waals surface area contributed by atoms with Gasteiger partial charge in [0.1, 0.15) is 11.6 Å². The van der Waals surface area contributed by atoms with Crippen LogP contribution >= 0.6 is 0 Å². The van der Waals surface area contributed by atoms with Crippen LogP contribution in [-0.4, -0.2) is 44.2 Å². The fourth-order valence-electron chi connectivity index (χ4n) is 2.91. The number of Topliss-reactive ketones (excluding diaryl/α,β-unsaturated/α-hetero) is 1. The maximum atomic E-state index is 12.9. The van der Waals surface area contributed by atoms with E-state index in [0.29, 0.717) is 17.3 Å². The molecule has 0 atom stereocenters. The van der Waals surface area contributed by atoms with E-state index in [0.717, 1.165) is 16.9 Å². The smallest absolute Gasteiger partial charge is 0.234 e. The molecular weight excluding hydrogens is 342 g/mol. The summed E-state index contributed by atoms with van der Waals surface area (Å²) >= 11 is 0. The minimum atomic E-state index is -0.0667. The number of carbonyl (C=O) groups excluding carboxylic acids is 1. The van der Waals surface area contributed by atoms with Crippen LogP contribution in [0.4, 0.5) is 11.6 Å². The van der Waals surface area contributed by atoms with Crippen molar-refractivity contribution in [1.29, 1.82) is 0 Å². The highest BCUT2D eigenvalue weighted by atomic mass is 16.1. The molecule has 0 saturated carbocycles. The molecule has 2 N–H and O–H groups in total. The standard InChI is InChI=1S/C19H19N7O/c1-24(2)18-8-7-13(11-21-18)16(27)12-25-15-6-4-3-5-14(15)23-19(25)26-17(20)9-10-22-26/h3-11H,12,20H2,1-2H3. The summed E-state index contributed by atoms with van der Waals surface area (Å²) in [5.41, 5.74) is 8.15. The minimum Gasteiger partial charge on any atom is -0.383 e. The van der Waals surface area contributed by atoms with Crippen LogP contribution in [0.1, 0.15) is 10.4 Å². The highest BCUT2D eigenvalue weighted by Crippen LogP contribution is 2.21. The molecule has 4 aromatic rings. The van der Waals surface area contributed by atoms with Gasteiger partial charge in [0.05, 0.1) is 23.8 Å². The highest BCUT2D eigenvalue weighted by Gasteiger charge is 2.18. The van der Waals surface area contributed by atoms with Crippen LogP contribution in [0.3, 0.4) is 0 Å². The maximum absolute atomic E-state index is 12.9. The summed E-state index contributed by atoms with van der Waals surface area (Å²) in [4.78, 5) is 23.7. The minimum absolute atomic E-state index is 0.0667. The van der Waals surface area contributed by atoms with Crippen LogP contribution in [-0.2, 0) is 6.54 Å². The van der Waals surface area contributed by atoms with Crippen molar-refractivity contribution in [2.24, 2.45) is 0 Å². The number of anilines is 2. The van der Waals surface area contributed by atoms with Gasteiger partial charge in [0.2, 0.25) is 5.95 Å². The summed E-state index contributed by atoms with van der Waals surface area (Å²) < 4.78 is 3.35. The van der Waals surface area contributed by atoms with Gasteiger partial charge in [-0.1, -0.05) is 12.1 Å². The number of rotatable bonds is 5. The molecule has 0 radical (unpaired) electrons. The molecule has 0 aliphatic rings. The number of aromatic nitrogens is 5. The zero-order valence-electron chi connectivity index (χ0n) is 15.1. The number of ketones is 1. The number of hydrogen-bond acceptors (Lipinski definition) is 6. The zero-order chi connectivity index (χ0) is 19.0. The zero-order valence-corrected chi connectivity index (χ0v) is 15.1. The molecule has 0 saturated heterocycles. The van der Waals surface area contributed by atoms with Gasteiger partial charge in [-0.2, -0.15) is 9.78 Å². The molecule has 3 aromatic heterocycles. The second kappa shape index (κ2) is 6.56. The van der Waals surface area contributed by atoms with Crippen molar-refractivity contribution in [3.63, 3.8) is 0 Å². The van der Waals surface area contributed by atoms with Gasteiger partial charge < -0.3 is 15.2 Å². The van der Waals surface area contributed by atoms with E-state index in [1.54, 1.807) is 24.5 Å². The molecule has 0 unspecified atom stereocenters. The first-order valence-corrected chi connectivity index (χ1v) is 8.46. The van der Waals surface area contributed by atoms with Crippen LogP contribution in [0.5, 0.6) is 0 Å². The van der Waals surface area contributed by atoms with E-state index in [1.807, 2.05) is 53.9 Å². The lowest BCUT2D eigenvalue weighted by molar-refractivity contribution is 0.0973. The average molecular weight is 361 g/mol. The summed E-state index contributed by atoms with van der Waals surface area (Å²) in [5.74, 6) is 1.69. The van der Waals surface area contributed by atoms with E-state index >= 15 is 0 Å². The van der Waals surface area contributed by atoms with Crippen molar-refractivity contribution in [2.45, 2.75) is 6.54 Å². The largest absolute Gasteiger partial charge is 0.383 e. The third kappa shape index (κ3) is 3.01. The highest BCUT2D eigenvalue weighted by molar-refractivity contribution is 5.96. The van der Waals surface area contributed by atoms with Crippen molar-refractivity contribution in [2.75, 3.05) is 24.7 Å². The first-order valence-electron chi connectivity index (χ1n) is 8.46. The second-order valence-electron chi connectivity index (χ2n) is 6.38. The van der Waals surface area contributed by atoms with Gasteiger partial charge in [-0.05, 0) is 24.3 Å². The molecule has 0 aliphatic heterocycles. The molecule has 136 valence electrons. The molecule has 3 heterocycles. The predicted molar refractivity (Wildman–Crippen MR) is 104 cm³/mol. The maximum Gasteiger partial charge on any atom is 0.234 e. The third-order valence-corrected chi connectivity index (χ3v) is 4.33. The lowest BCUT2D eigenvalue weighted by atomic mass is 10.2. The Labute approximate surface area is 155 Å². The third-order valence-electron chi connectivity index (χ3n) is 4.33. The van der Waals surface area contributed by atoms with Gasteiger partial charge in [0.25, 0.3) is 0 Å². The molecule has 0 amide bonds. The number of para-hydroxylation sites is 2. The molecule has 0 aliphatic carbocycles. The monoisotopic (exact) mass is 361 g/mol. The Morgan fingerprint density at radius 2 is 1.96 bits per heavy atom. The number of nitrogen functional groups attached to an aromatic ring is 1. The molecule has 8 heteroatoms. The molecule has 1 aromatic carbocycles. The number of pyridine rings is 1. The summed E-state index contributed by atoms with van der Waals surface area (Å²) in [5, 5.41) is 4.23. The summed E-state index contributed by atoms with van der Waals surface area (Å²) in [7, 11) is 3.81. The molecule has 8 nitrogen and oxygen atoms in total. The van der Waals surface area contributed by atoms with Crippen molar-refractivity contribution < 1.29 is 4.79 Å². The van der Waals surface area contributed by atoms with Gasteiger partial charge in [0, 0.05) is 31.9 Å². The number of hydrogen-bond donors (Lipinski definition) is 1. The number of imidazole rings is 1. The van der Waals surface area contributed by atoms with Crippen LogP contribution in [0.15, 0.2) is 54.9 Å². The molecule has 0 fully saturated rings. The van der Waals surface area contributed by atoms with Gasteiger partial charge in [-0.15, -0.1) is 0 Å². The summed E-state index contributed by atoms with van der Waals surface area (Å²) in [6.45, 7) is 0.109. The normalized spacial score (nSPS) is 11.0. The van der Waals surface area contributed by atoms with Crippen molar-refractivity contribution in [1.82, 2.24) is 24.3 Å². The summed E-state index contributed by atoms with van der Waals surface area (Å²) in [6.07, 6.45) is 3.20. The molecule has 27 heavy (non-hydrogen) atoms. The predicted octanol–water partition coefficient (Wildman–Crippen LogP) is 2.15. The number of nitrogens with zero attached hydrogens (tertiary/aromatic N) is 6. The molecule has 4 rings (SSSR count). The average Bonchev–Trinajstić information content (AvgIpc) is 3.25. The van der Waals surface area contributed by atoms with E-state index in [2.05, 4.69) is 15.1 Å². The second-order valence-corrected chi connectivity index (χ2v) is 6.38. The number of nitrogens with two attached hydrogens (primary N) is 1. The van der Waals surface area contributed by atoms with E-state index in [4.69, 9.17) is 5.73 Å². The Bertz CT molecular complexity index is 1110. The van der Waals surface area contributed by atoms with Gasteiger partial charge in [-0.3, -0.25) is 4.79 Å². The van der Waals surface area contributed by atoms with Crippen LogP contribution < -0.4 is 10.6 Å². The fraction of sp³-hybridized carbons (Fsp3) is 0.158. The van der Waals surface area contributed by atoms with Crippen LogP contribution in [0.25, 0.3) is 17.0 Å². The Hall–Kier alpha value is -3.68. The van der Waals surface area contributed by atoms with Crippen LogP contribution in [0, 0.1) is 0 Å². The Balaban J connectivity index is 1.74. The van der Waals surface area contributed by atoms with Crippen molar-refractivity contribution in [3.8, 4) is 5.95 Å². The fourth-order valence-corrected chi connectivity index (χ4v) is 2.91. The van der Waals surface area contributed by atoms with Crippen LogP contribution in [0.2, 0.25) is 0 Å². The molecular formula is C19H19N7O. The molecule has 0 bridgehead atoms. The van der Waals surface area contributed by atoms with Crippen molar-refractivity contribution >= 4 is 28.5 Å². The number of benzene rings is 1. The lowest BCUT2D eigenvalue weighted by Gasteiger charge is -2.12. The van der Waals surface area contributed by atoms with Gasteiger partial charge >= 0.3 is 0 Å². The SMILES string of the molecule is CN(C)c1ccc(C(=O)Cn2c(-n3nccc3N)nc3ccccc32)cn1. The van der Waals surface area contributed by atoms with E-state index in [1.165, 1.54) is 4.68 Å². The van der Waals surface area contributed by atoms with E-state index in [-0.39, 0.29) is 12.3 Å². The van der Waals surface area contributed by atoms with Gasteiger partial charge in [0.15, 0.2) is 5.78 Å². The first kappa shape index (κ1) is 16.8. The quantitative estimate of drug-likeness (QED) is 0.547. The van der Waals surface area contributed by atoms with Crippen molar-refractivity contribution in [3.05, 3.63) is 60.4 Å². The van der Waals surface area contributed by atoms with E-state index < -0.39 is 0 Å². The lowest BCUT2D eigenvalue weighted by Crippen LogP contribution is -2.16. The van der Waals surface area contributed by atoms with Gasteiger partial charge in [-0.25, -0.2) is 9.97 Å².